The first-order valence-electron chi connectivity index (χ1n) is 10.1. The number of hydrogen-bond acceptors (Lipinski definition) is 6. The first-order chi connectivity index (χ1) is 14.1. The maximum atomic E-state index is 13.7. The number of nitrogens with zero attached hydrogens (tertiary/aromatic N) is 3. The van der Waals surface area contributed by atoms with Gasteiger partial charge in [-0.3, -0.25) is 4.98 Å². The van der Waals surface area contributed by atoms with Crippen LogP contribution >= 0.6 is 0 Å². The summed E-state index contributed by atoms with van der Waals surface area (Å²) in [5.74, 6) is 0.421. The van der Waals surface area contributed by atoms with E-state index in [-0.39, 0.29) is 23.1 Å². The number of ether oxygens (including phenoxy) is 2. The molecule has 30 heavy (non-hydrogen) atoms. The van der Waals surface area contributed by atoms with Crippen LogP contribution < -0.4 is 4.74 Å². The zero-order valence-corrected chi connectivity index (χ0v) is 18.5. The van der Waals surface area contributed by atoms with E-state index in [1.165, 1.54) is 17.6 Å². The van der Waals surface area contributed by atoms with E-state index in [0.717, 1.165) is 0 Å². The summed E-state index contributed by atoms with van der Waals surface area (Å²) in [6.07, 6.45) is 3.95. The van der Waals surface area contributed by atoms with Gasteiger partial charge in [-0.05, 0) is 39.7 Å². The van der Waals surface area contributed by atoms with E-state index in [4.69, 9.17) is 9.47 Å². The molecule has 0 spiro atoms. The zero-order chi connectivity index (χ0) is 21.7. The number of amides is 1. The predicted octanol–water partition coefficient (Wildman–Crippen LogP) is 3.02. The molecule has 1 aromatic heterocycles. The molecular formula is C21H27N3O5S. The predicted molar refractivity (Wildman–Crippen MR) is 112 cm³/mol. The fourth-order valence-electron chi connectivity index (χ4n) is 4.46. The minimum atomic E-state index is -3.79. The van der Waals surface area contributed by atoms with E-state index < -0.39 is 15.6 Å². The molecule has 0 unspecified atom stereocenters. The number of benzene rings is 1. The Morgan fingerprint density at radius 3 is 2.57 bits per heavy atom. The first kappa shape index (κ1) is 20.9. The van der Waals surface area contributed by atoms with Gasteiger partial charge < -0.3 is 14.4 Å². The molecule has 0 radical (unpaired) electrons. The summed E-state index contributed by atoms with van der Waals surface area (Å²) in [6, 6.07) is 4.70. The van der Waals surface area contributed by atoms with Crippen LogP contribution in [0, 0.1) is 0 Å². The van der Waals surface area contributed by atoms with Crippen molar-refractivity contribution in [2.45, 2.75) is 56.2 Å². The van der Waals surface area contributed by atoms with Crippen molar-refractivity contribution in [3.8, 4) is 5.75 Å². The molecular weight excluding hydrogens is 406 g/mol. The number of aromatic nitrogens is 1. The molecule has 1 amide bonds. The summed E-state index contributed by atoms with van der Waals surface area (Å²) in [5.41, 5.74) is -0.590. The van der Waals surface area contributed by atoms with Crippen LogP contribution in [0.25, 0.3) is 10.8 Å². The highest BCUT2D eigenvalue weighted by Gasteiger charge is 2.50. The van der Waals surface area contributed by atoms with Crippen LogP contribution in [0.1, 0.15) is 33.6 Å². The van der Waals surface area contributed by atoms with Crippen molar-refractivity contribution in [1.82, 2.24) is 14.2 Å². The largest absolute Gasteiger partial charge is 0.494 e. The van der Waals surface area contributed by atoms with Crippen LogP contribution in [0.4, 0.5) is 4.79 Å². The van der Waals surface area contributed by atoms with Gasteiger partial charge in [0.15, 0.2) is 0 Å². The topological polar surface area (TPSA) is 89.0 Å². The van der Waals surface area contributed by atoms with Gasteiger partial charge in [0.25, 0.3) is 0 Å². The van der Waals surface area contributed by atoms with E-state index in [0.29, 0.717) is 42.5 Å². The first-order valence-corrected chi connectivity index (χ1v) is 11.5. The molecule has 8 nitrogen and oxygen atoms in total. The van der Waals surface area contributed by atoms with Gasteiger partial charge in [0.1, 0.15) is 11.4 Å². The summed E-state index contributed by atoms with van der Waals surface area (Å²) >= 11 is 0. The normalized spacial score (nSPS) is 22.3. The quantitative estimate of drug-likeness (QED) is 0.739. The van der Waals surface area contributed by atoms with Gasteiger partial charge in [0, 0.05) is 36.1 Å². The lowest BCUT2D eigenvalue weighted by Gasteiger charge is -2.28. The van der Waals surface area contributed by atoms with Gasteiger partial charge in [-0.1, -0.05) is 12.1 Å². The molecule has 2 aliphatic heterocycles. The second-order valence-corrected chi connectivity index (χ2v) is 10.6. The van der Waals surface area contributed by atoms with Crippen molar-refractivity contribution in [3.63, 3.8) is 0 Å². The fourth-order valence-corrected chi connectivity index (χ4v) is 6.39. The third kappa shape index (κ3) is 3.50. The zero-order valence-electron chi connectivity index (χ0n) is 17.7. The van der Waals surface area contributed by atoms with Crippen LogP contribution in [0.3, 0.4) is 0 Å². The van der Waals surface area contributed by atoms with Gasteiger partial charge in [-0.2, -0.15) is 4.31 Å². The molecule has 3 heterocycles. The number of pyridine rings is 1. The van der Waals surface area contributed by atoms with Gasteiger partial charge in [-0.25, -0.2) is 13.2 Å². The number of methoxy groups -OCH3 is 1. The third-order valence-corrected chi connectivity index (χ3v) is 7.64. The van der Waals surface area contributed by atoms with Crippen LogP contribution in [0.2, 0.25) is 0 Å². The van der Waals surface area contributed by atoms with E-state index >= 15 is 0 Å². The van der Waals surface area contributed by atoms with Crippen LogP contribution in [0.15, 0.2) is 35.5 Å². The number of fused-ring (bicyclic) bond motifs is 2. The number of hydrogen-bond donors (Lipinski definition) is 0. The van der Waals surface area contributed by atoms with Crippen LogP contribution in [-0.2, 0) is 14.8 Å². The Bertz CT molecular complexity index is 1070. The van der Waals surface area contributed by atoms with Gasteiger partial charge in [0.2, 0.25) is 10.0 Å². The molecule has 0 saturated carbocycles. The maximum absolute atomic E-state index is 13.7. The Hall–Kier alpha value is -2.39. The third-order valence-electron chi connectivity index (χ3n) is 5.67. The highest BCUT2D eigenvalue weighted by molar-refractivity contribution is 7.89. The Labute approximate surface area is 176 Å². The highest BCUT2D eigenvalue weighted by Crippen LogP contribution is 2.39. The molecule has 2 aromatic rings. The molecule has 4 rings (SSSR count). The van der Waals surface area contributed by atoms with Crippen molar-refractivity contribution >= 4 is 26.9 Å². The lowest BCUT2D eigenvalue weighted by molar-refractivity contribution is 0.0225. The molecule has 0 N–H and O–H groups in total. The van der Waals surface area contributed by atoms with E-state index in [1.54, 1.807) is 23.2 Å². The second-order valence-electron chi connectivity index (χ2n) is 8.70. The average Bonchev–Trinajstić information content (AvgIpc) is 3.27. The van der Waals surface area contributed by atoms with Crippen LogP contribution in [0.5, 0.6) is 5.75 Å². The Kier molecular flexibility index (Phi) is 5.14. The Balaban J connectivity index is 1.67. The molecule has 2 fully saturated rings. The molecule has 0 bridgehead atoms. The number of carbonyl (C=O) groups is 1. The molecule has 9 heteroatoms. The van der Waals surface area contributed by atoms with Crippen molar-refractivity contribution in [2.24, 2.45) is 0 Å². The summed E-state index contributed by atoms with van der Waals surface area (Å²) in [6.45, 7) is 6.33. The minimum absolute atomic E-state index is 0.173. The Morgan fingerprint density at radius 2 is 1.87 bits per heavy atom. The number of rotatable bonds is 3. The van der Waals surface area contributed by atoms with Crippen LogP contribution in [-0.4, -0.2) is 66.6 Å². The van der Waals surface area contributed by atoms with Gasteiger partial charge in [-0.15, -0.1) is 0 Å². The lowest BCUT2D eigenvalue weighted by atomic mass is 10.1. The summed E-state index contributed by atoms with van der Waals surface area (Å²) in [5, 5.41) is 1.23. The number of sulfonamides is 1. The van der Waals surface area contributed by atoms with E-state index in [9.17, 15) is 13.2 Å². The SMILES string of the molecule is COc1cncc2cccc(S(=O)(=O)N3CC[C@H]4[C@@H]3CCN4C(=O)OC(C)(C)C)c12. The summed E-state index contributed by atoms with van der Waals surface area (Å²) in [7, 11) is -2.29. The lowest BCUT2D eigenvalue weighted by Crippen LogP contribution is -2.43. The summed E-state index contributed by atoms with van der Waals surface area (Å²) < 4.78 is 39.8. The summed E-state index contributed by atoms with van der Waals surface area (Å²) in [4.78, 5) is 18.6. The number of carbonyl (C=O) groups excluding carboxylic acids is 1. The van der Waals surface area contributed by atoms with Crippen molar-refractivity contribution < 1.29 is 22.7 Å². The van der Waals surface area contributed by atoms with Gasteiger partial charge in [0.05, 0.1) is 24.2 Å². The van der Waals surface area contributed by atoms with E-state index in [1.807, 2.05) is 26.8 Å². The van der Waals surface area contributed by atoms with Crippen molar-refractivity contribution in [2.75, 3.05) is 20.2 Å². The maximum Gasteiger partial charge on any atom is 0.410 e. The Morgan fingerprint density at radius 1 is 1.13 bits per heavy atom. The minimum Gasteiger partial charge on any atom is -0.494 e. The molecule has 162 valence electrons. The fraction of sp³-hybridized carbons (Fsp3) is 0.524. The molecule has 0 aliphatic carbocycles. The molecule has 2 atom stereocenters. The highest BCUT2D eigenvalue weighted by atomic mass is 32.2. The average molecular weight is 434 g/mol. The second kappa shape index (κ2) is 7.39. The van der Waals surface area contributed by atoms with Crippen molar-refractivity contribution in [3.05, 3.63) is 30.6 Å². The van der Waals surface area contributed by atoms with Crippen molar-refractivity contribution in [1.29, 1.82) is 0 Å². The standard InChI is InChI=1S/C21H27N3O5S/c1-21(2,3)29-20(25)23-10-8-16-15(23)9-11-24(16)30(26,27)18-7-5-6-14-12-22-13-17(28-4)19(14)18/h5-7,12-13,15-16H,8-11H2,1-4H3/t15-,16-/m0/s1. The number of likely N-dealkylation sites (tertiary alicyclic amines) is 1. The monoisotopic (exact) mass is 433 g/mol. The van der Waals surface area contributed by atoms with E-state index in [2.05, 4.69) is 4.98 Å². The smallest absolute Gasteiger partial charge is 0.410 e. The molecule has 2 saturated heterocycles. The molecule has 1 aromatic carbocycles. The van der Waals surface area contributed by atoms with Gasteiger partial charge >= 0.3 is 6.09 Å². The molecule has 2 aliphatic rings.